The SMILES string of the molecule is CN1C(=O)/C(=C2/C(=O)N(CCN3CCCC3)c3ccccc32)c2ccccc21.Cl. The highest BCUT2D eigenvalue weighted by Gasteiger charge is 2.40. The third kappa shape index (κ3) is 3.05. The lowest BCUT2D eigenvalue weighted by atomic mass is 9.96. The van der Waals surface area contributed by atoms with Gasteiger partial charge in [0.25, 0.3) is 11.8 Å². The van der Waals surface area contributed by atoms with Crippen LogP contribution in [0, 0.1) is 0 Å². The number of benzene rings is 2. The van der Waals surface area contributed by atoms with Gasteiger partial charge in [-0.3, -0.25) is 9.59 Å². The number of para-hydroxylation sites is 2. The Balaban J connectivity index is 0.00000205. The van der Waals surface area contributed by atoms with E-state index in [4.69, 9.17) is 0 Å². The molecule has 2 amide bonds. The van der Waals surface area contributed by atoms with Crippen molar-refractivity contribution in [3.63, 3.8) is 0 Å². The molecule has 2 aromatic rings. The average molecular weight is 410 g/mol. The molecule has 3 aliphatic rings. The lowest BCUT2D eigenvalue weighted by Crippen LogP contribution is -2.35. The van der Waals surface area contributed by atoms with Gasteiger partial charge in [-0.2, -0.15) is 0 Å². The fourth-order valence-electron chi connectivity index (χ4n) is 4.60. The molecule has 3 aliphatic heterocycles. The highest BCUT2D eigenvalue weighted by molar-refractivity contribution is 6.49. The Morgan fingerprint density at radius 2 is 1.31 bits per heavy atom. The minimum atomic E-state index is -0.110. The number of amides is 2. The third-order valence-electron chi connectivity index (χ3n) is 6.06. The van der Waals surface area contributed by atoms with Gasteiger partial charge in [0.05, 0.1) is 22.5 Å². The van der Waals surface area contributed by atoms with E-state index in [0.717, 1.165) is 42.1 Å². The van der Waals surface area contributed by atoms with E-state index in [0.29, 0.717) is 17.7 Å². The van der Waals surface area contributed by atoms with Crippen molar-refractivity contribution in [1.29, 1.82) is 0 Å². The summed E-state index contributed by atoms with van der Waals surface area (Å²) in [5.41, 5.74) is 4.54. The number of rotatable bonds is 3. The van der Waals surface area contributed by atoms with Gasteiger partial charge in [-0.15, -0.1) is 12.4 Å². The Kier molecular flexibility index (Phi) is 5.19. The largest absolute Gasteiger partial charge is 0.311 e. The van der Waals surface area contributed by atoms with Crippen LogP contribution < -0.4 is 9.80 Å². The number of carbonyl (C=O) groups is 2. The van der Waals surface area contributed by atoms with E-state index < -0.39 is 0 Å². The molecular weight excluding hydrogens is 386 g/mol. The molecule has 0 bridgehead atoms. The molecule has 5 nitrogen and oxygen atoms in total. The summed E-state index contributed by atoms with van der Waals surface area (Å²) >= 11 is 0. The number of halogens is 1. The van der Waals surface area contributed by atoms with Crippen LogP contribution in [0.2, 0.25) is 0 Å². The fraction of sp³-hybridized carbons (Fsp3) is 0.304. The molecule has 29 heavy (non-hydrogen) atoms. The number of fused-ring (bicyclic) bond motifs is 2. The second-order valence-corrected chi connectivity index (χ2v) is 7.65. The molecule has 1 fully saturated rings. The summed E-state index contributed by atoms with van der Waals surface area (Å²) in [6.45, 7) is 3.73. The number of nitrogens with zero attached hydrogens (tertiary/aromatic N) is 3. The quantitative estimate of drug-likeness (QED) is 0.729. The van der Waals surface area contributed by atoms with Crippen molar-refractivity contribution in [1.82, 2.24) is 4.90 Å². The van der Waals surface area contributed by atoms with E-state index in [1.165, 1.54) is 12.8 Å². The summed E-state index contributed by atoms with van der Waals surface area (Å²) in [6, 6.07) is 15.5. The summed E-state index contributed by atoms with van der Waals surface area (Å²) in [5, 5.41) is 0. The number of carbonyl (C=O) groups excluding carboxylic acids is 2. The van der Waals surface area contributed by atoms with Crippen LogP contribution in [0.5, 0.6) is 0 Å². The maximum Gasteiger partial charge on any atom is 0.259 e. The van der Waals surface area contributed by atoms with Crippen LogP contribution in [-0.2, 0) is 9.59 Å². The summed E-state index contributed by atoms with van der Waals surface area (Å²) in [5.74, 6) is -0.172. The Labute approximate surface area is 177 Å². The molecule has 0 unspecified atom stereocenters. The van der Waals surface area contributed by atoms with Gasteiger partial charge in [0.1, 0.15) is 0 Å². The second kappa shape index (κ2) is 7.65. The number of likely N-dealkylation sites (tertiary alicyclic amines) is 1. The zero-order valence-electron chi connectivity index (χ0n) is 16.4. The van der Waals surface area contributed by atoms with Gasteiger partial charge in [0.2, 0.25) is 0 Å². The molecule has 0 spiro atoms. The predicted octanol–water partition coefficient (Wildman–Crippen LogP) is 3.44. The molecule has 0 saturated carbocycles. The van der Waals surface area contributed by atoms with E-state index in [9.17, 15) is 9.59 Å². The van der Waals surface area contributed by atoms with Gasteiger partial charge in [0, 0.05) is 31.3 Å². The zero-order valence-corrected chi connectivity index (χ0v) is 17.2. The first kappa shape index (κ1) is 19.7. The minimum Gasteiger partial charge on any atom is -0.311 e. The van der Waals surface area contributed by atoms with Gasteiger partial charge in [0.15, 0.2) is 0 Å². The molecule has 150 valence electrons. The van der Waals surface area contributed by atoms with Crippen LogP contribution in [0.25, 0.3) is 11.1 Å². The van der Waals surface area contributed by atoms with Gasteiger partial charge in [-0.25, -0.2) is 0 Å². The van der Waals surface area contributed by atoms with E-state index in [-0.39, 0.29) is 24.2 Å². The molecule has 0 aromatic heterocycles. The number of likely N-dealkylation sites (N-methyl/N-ethyl adjacent to an activating group) is 1. The molecule has 2 aromatic carbocycles. The van der Waals surface area contributed by atoms with Gasteiger partial charge < -0.3 is 14.7 Å². The Bertz CT molecular complexity index is 1010. The molecule has 0 N–H and O–H groups in total. The number of anilines is 2. The van der Waals surface area contributed by atoms with E-state index >= 15 is 0 Å². The first-order valence-corrected chi connectivity index (χ1v) is 9.92. The molecule has 0 atom stereocenters. The molecule has 1 saturated heterocycles. The monoisotopic (exact) mass is 409 g/mol. The van der Waals surface area contributed by atoms with Crippen molar-refractivity contribution >= 4 is 46.7 Å². The fourth-order valence-corrected chi connectivity index (χ4v) is 4.60. The van der Waals surface area contributed by atoms with Gasteiger partial charge in [-0.05, 0) is 38.1 Å². The topological polar surface area (TPSA) is 43.9 Å². The smallest absolute Gasteiger partial charge is 0.259 e. The van der Waals surface area contributed by atoms with Crippen molar-refractivity contribution in [3.8, 4) is 0 Å². The van der Waals surface area contributed by atoms with Crippen LogP contribution in [-0.4, -0.2) is 49.9 Å². The number of hydrogen-bond acceptors (Lipinski definition) is 3. The maximum atomic E-state index is 13.5. The Hall–Kier alpha value is -2.63. The molecule has 3 heterocycles. The average Bonchev–Trinajstić information content (AvgIpc) is 3.39. The minimum absolute atomic E-state index is 0. The molecule has 6 heteroatoms. The number of hydrogen-bond donors (Lipinski definition) is 0. The van der Waals surface area contributed by atoms with E-state index in [2.05, 4.69) is 4.90 Å². The highest BCUT2D eigenvalue weighted by Crippen LogP contribution is 2.45. The summed E-state index contributed by atoms with van der Waals surface area (Å²) < 4.78 is 0. The van der Waals surface area contributed by atoms with Gasteiger partial charge in [-0.1, -0.05) is 36.4 Å². The van der Waals surface area contributed by atoms with Crippen LogP contribution >= 0.6 is 12.4 Å². The van der Waals surface area contributed by atoms with Gasteiger partial charge >= 0.3 is 0 Å². The third-order valence-corrected chi connectivity index (χ3v) is 6.06. The van der Waals surface area contributed by atoms with Crippen molar-refractivity contribution in [2.75, 3.05) is 43.0 Å². The van der Waals surface area contributed by atoms with Crippen molar-refractivity contribution in [3.05, 3.63) is 59.7 Å². The first-order valence-electron chi connectivity index (χ1n) is 9.92. The standard InChI is InChI=1S/C23H23N3O2.ClH/c1-24-18-10-4-2-8-16(18)20(22(24)27)21-17-9-3-5-11-19(17)26(23(21)28)15-14-25-12-6-7-13-25;/h2-5,8-11H,6-7,12-15H2,1H3;1H/b21-20+;. The molecule has 0 radical (unpaired) electrons. The lowest BCUT2D eigenvalue weighted by molar-refractivity contribution is -0.114. The lowest BCUT2D eigenvalue weighted by Gasteiger charge is -2.21. The van der Waals surface area contributed by atoms with Crippen LogP contribution in [0.15, 0.2) is 48.5 Å². The molecule has 0 aliphatic carbocycles. The molecule has 5 rings (SSSR count). The Morgan fingerprint density at radius 3 is 2.00 bits per heavy atom. The second-order valence-electron chi connectivity index (χ2n) is 7.65. The summed E-state index contributed by atoms with van der Waals surface area (Å²) in [4.78, 5) is 32.5. The normalized spacial score (nSPS) is 20.9. The highest BCUT2D eigenvalue weighted by atomic mass is 35.5. The summed E-state index contributed by atoms with van der Waals surface area (Å²) in [7, 11) is 1.77. The maximum absolute atomic E-state index is 13.5. The predicted molar refractivity (Wildman–Crippen MR) is 118 cm³/mol. The molecular formula is C23H24ClN3O2. The van der Waals surface area contributed by atoms with E-state index in [1.807, 2.05) is 53.4 Å². The van der Waals surface area contributed by atoms with Crippen molar-refractivity contribution < 1.29 is 9.59 Å². The first-order chi connectivity index (χ1) is 13.7. The van der Waals surface area contributed by atoms with Crippen molar-refractivity contribution in [2.24, 2.45) is 0 Å². The van der Waals surface area contributed by atoms with E-state index in [1.54, 1.807) is 11.9 Å². The summed E-state index contributed by atoms with van der Waals surface area (Å²) in [6.07, 6.45) is 2.47. The Morgan fingerprint density at radius 1 is 0.759 bits per heavy atom. The van der Waals surface area contributed by atoms with Crippen molar-refractivity contribution in [2.45, 2.75) is 12.8 Å². The van der Waals surface area contributed by atoms with Crippen LogP contribution in [0.3, 0.4) is 0 Å². The van der Waals surface area contributed by atoms with Crippen LogP contribution in [0.4, 0.5) is 11.4 Å². The van der Waals surface area contributed by atoms with Crippen LogP contribution in [0.1, 0.15) is 24.0 Å². The zero-order chi connectivity index (χ0) is 19.3.